The van der Waals surface area contributed by atoms with Crippen LogP contribution in [0.5, 0.6) is 0 Å². The number of halogens is 2. The zero-order valence-corrected chi connectivity index (χ0v) is 12.2. The van der Waals surface area contributed by atoms with Gasteiger partial charge in [-0.2, -0.15) is 0 Å². The first-order chi connectivity index (χ1) is 9.57. The Hall–Kier alpha value is -1.71. The maximum Gasteiger partial charge on any atom is 0.242 e. The van der Waals surface area contributed by atoms with Crippen molar-refractivity contribution in [1.82, 2.24) is 0 Å². The number of para-hydroxylation sites is 2. The molecule has 0 amide bonds. The molecular weight excluding hydrogens is 293 g/mol. The van der Waals surface area contributed by atoms with Crippen LogP contribution < -0.4 is 10.7 Å². The molecule has 1 heterocycles. The fourth-order valence-electron chi connectivity index (χ4n) is 2.01. The predicted octanol–water partition coefficient (Wildman–Crippen LogP) is 3.04. The summed E-state index contributed by atoms with van der Waals surface area (Å²) in [6.45, 7) is 1.84. The van der Waals surface area contributed by atoms with Gasteiger partial charge in [-0.05, 0) is 24.3 Å². The molecule has 3 rings (SSSR count). The summed E-state index contributed by atoms with van der Waals surface area (Å²) in [5.74, 6) is -0.855. The summed E-state index contributed by atoms with van der Waals surface area (Å²) in [5, 5.41) is 2.80. The van der Waals surface area contributed by atoms with Gasteiger partial charge >= 0.3 is 0 Å². The SMILES string of the molecule is CC1(N=Cc2c(Cl)cccc2Cl)N=c2ccccc2=N1. The van der Waals surface area contributed by atoms with Crippen LogP contribution in [0.25, 0.3) is 0 Å². The summed E-state index contributed by atoms with van der Waals surface area (Å²) >= 11 is 12.2. The first-order valence-electron chi connectivity index (χ1n) is 6.11. The second-order valence-electron chi connectivity index (χ2n) is 4.58. The highest BCUT2D eigenvalue weighted by Gasteiger charge is 2.22. The fourth-order valence-corrected chi connectivity index (χ4v) is 2.51. The smallest absolute Gasteiger partial charge is 0.241 e. The van der Waals surface area contributed by atoms with E-state index in [-0.39, 0.29) is 0 Å². The highest BCUT2D eigenvalue weighted by Crippen LogP contribution is 2.23. The molecule has 1 aliphatic heterocycles. The van der Waals surface area contributed by atoms with E-state index >= 15 is 0 Å². The lowest BCUT2D eigenvalue weighted by Gasteiger charge is -2.11. The molecule has 1 aliphatic rings. The molecule has 0 atom stereocenters. The largest absolute Gasteiger partial charge is 0.242 e. The van der Waals surface area contributed by atoms with Crippen molar-refractivity contribution in [2.75, 3.05) is 0 Å². The van der Waals surface area contributed by atoms with Crippen molar-refractivity contribution in [3.8, 4) is 0 Å². The maximum absolute atomic E-state index is 6.11. The third-order valence-corrected chi connectivity index (χ3v) is 3.64. The van der Waals surface area contributed by atoms with Gasteiger partial charge in [-0.15, -0.1) is 0 Å². The molecule has 0 saturated carbocycles. The van der Waals surface area contributed by atoms with Crippen LogP contribution >= 0.6 is 23.2 Å². The van der Waals surface area contributed by atoms with Crippen molar-refractivity contribution >= 4 is 29.4 Å². The molecule has 0 radical (unpaired) electrons. The number of benzene rings is 2. The summed E-state index contributed by atoms with van der Waals surface area (Å²) in [4.78, 5) is 13.4. The summed E-state index contributed by atoms with van der Waals surface area (Å²) in [7, 11) is 0. The van der Waals surface area contributed by atoms with Crippen LogP contribution in [0.2, 0.25) is 10.0 Å². The molecule has 20 heavy (non-hydrogen) atoms. The fraction of sp³-hybridized carbons (Fsp3) is 0.133. The maximum atomic E-state index is 6.11. The Morgan fingerprint density at radius 3 is 2.05 bits per heavy atom. The van der Waals surface area contributed by atoms with E-state index in [0.717, 1.165) is 10.7 Å². The molecule has 5 heteroatoms. The quantitative estimate of drug-likeness (QED) is 0.765. The van der Waals surface area contributed by atoms with Crippen LogP contribution in [0.1, 0.15) is 12.5 Å². The zero-order chi connectivity index (χ0) is 14.2. The molecule has 3 nitrogen and oxygen atoms in total. The average Bonchev–Trinajstić information content (AvgIpc) is 2.74. The topological polar surface area (TPSA) is 37.1 Å². The third kappa shape index (κ3) is 2.47. The monoisotopic (exact) mass is 303 g/mol. The van der Waals surface area contributed by atoms with Crippen molar-refractivity contribution < 1.29 is 0 Å². The van der Waals surface area contributed by atoms with Crippen molar-refractivity contribution in [3.05, 3.63) is 68.8 Å². The Labute approximate surface area is 126 Å². The van der Waals surface area contributed by atoms with Gasteiger partial charge in [0.05, 0.1) is 20.8 Å². The van der Waals surface area contributed by atoms with Crippen LogP contribution in [0.15, 0.2) is 57.4 Å². The summed E-state index contributed by atoms with van der Waals surface area (Å²) in [6, 6.07) is 13.0. The van der Waals surface area contributed by atoms with Gasteiger partial charge in [0.1, 0.15) is 0 Å². The molecule has 0 bridgehead atoms. The molecule has 0 aromatic heterocycles. The van der Waals surface area contributed by atoms with E-state index in [4.69, 9.17) is 23.2 Å². The van der Waals surface area contributed by atoms with Gasteiger partial charge in [0, 0.05) is 18.7 Å². The molecule has 0 saturated heterocycles. The molecule has 0 spiro atoms. The molecule has 0 fully saturated rings. The van der Waals surface area contributed by atoms with Crippen LogP contribution in [-0.2, 0) is 0 Å². The van der Waals surface area contributed by atoms with Gasteiger partial charge < -0.3 is 0 Å². The number of hydrogen-bond acceptors (Lipinski definition) is 3. The Kier molecular flexibility index (Phi) is 3.32. The van der Waals surface area contributed by atoms with Crippen LogP contribution in [0.3, 0.4) is 0 Å². The molecule has 0 unspecified atom stereocenters. The summed E-state index contributed by atoms with van der Waals surface area (Å²) in [5.41, 5.74) is 0.679. The molecule has 2 aromatic carbocycles. The van der Waals surface area contributed by atoms with Gasteiger partial charge in [0.2, 0.25) is 5.79 Å². The second kappa shape index (κ2) is 5.00. The first-order valence-corrected chi connectivity index (χ1v) is 6.87. The molecule has 100 valence electrons. The predicted molar refractivity (Wildman–Crippen MR) is 81.2 cm³/mol. The standard InChI is InChI=1S/C15H11Cl2N3/c1-15(19-13-7-2-3-8-14(13)20-15)18-9-10-11(16)5-4-6-12(10)17/h2-9H,1H3. The van der Waals surface area contributed by atoms with E-state index in [1.54, 1.807) is 24.4 Å². The van der Waals surface area contributed by atoms with Crippen LogP contribution in [-0.4, -0.2) is 12.0 Å². The lowest BCUT2D eigenvalue weighted by atomic mass is 10.2. The van der Waals surface area contributed by atoms with Crippen molar-refractivity contribution in [1.29, 1.82) is 0 Å². The number of nitrogens with zero attached hydrogens (tertiary/aromatic N) is 3. The third-order valence-electron chi connectivity index (χ3n) is 2.98. The van der Waals surface area contributed by atoms with E-state index < -0.39 is 5.79 Å². The van der Waals surface area contributed by atoms with E-state index in [1.165, 1.54) is 0 Å². The van der Waals surface area contributed by atoms with E-state index in [2.05, 4.69) is 15.0 Å². The Balaban J connectivity index is 2.00. The lowest BCUT2D eigenvalue weighted by Crippen LogP contribution is -2.19. The van der Waals surface area contributed by atoms with E-state index in [9.17, 15) is 0 Å². The molecule has 0 N–H and O–H groups in total. The molecular formula is C15H11Cl2N3. The van der Waals surface area contributed by atoms with Gasteiger partial charge in [0.25, 0.3) is 0 Å². The number of rotatable bonds is 2. The molecule has 0 aliphatic carbocycles. The van der Waals surface area contributed by atoms with Gasteiger partial charge in [-0.3, -0.25) is 0 Å². The highest BCUT2D eigenvalue weighted by atomic mass is 35.5. The minimum Gasteiger partial charge on any atom is -0.241 e. The van der Waals surface area contributed by atoms with Crippen molar-refractivity contribution in [2.24, 2.45) is 15.0 Å². The van der Waals surface area contributed by atoms with Gasteiger partial charge in [-0.1, -0.05) is 41.4 Å². The lowest BCUT2D eigenvalue weighted by molar-refractivity contribution is 0.523. The second-order valence-corrected chi connectivity index (χ2v) is 5.39. The number of aliphatic imine (C=N–C) groups is 1. The minimum absolute atomic E-state index is 0.556. The van der Waals surface area contributed by atoms with Crippen LogP contribution in [0, 0.1) is 0 Å². The van der Waals surface area contributed by atoms with E-state index in [0.29, 0.717) is 15.6 Å². The molecule has 2 aromatic rings. The zero-order valence-electron chi connectivity index (χ0n) is 10.7. The van der Waals surface area contributed by atoms with Gasteiger partial charge in [0.15, 0.2) is 0 Å². The van der Waals surface area contributed by atoms with Crippen molar-refractivity contribution in [3.63, 3.8) is 0 Å². The average molecular weight is 304 g/mol. The number of fused-ring (bicyclic) bond motifs is 1. The highest BCUT2D eigenvalue weighted by molar-refractivity contribution is 6.38. The van der Waals surface area contributed by atoms with E-state index in [1.807, 2.05) is 31.2 Å². The van der Waals surface area contributed by atoms with Crippen LogP contribution in [0.4, 0.5) is 0 Å². The van der Waals surface area contributed by atoms with Crippen molar-refractivity contribution in [2.45, 2.75) is 12.7 Å². The summed E-state index contributed by atoms with van der Waals surface area (Å²) < 4.78 is 0. The minimum atomic E-state index is -0.855. The Morgan fingerprint density at radius 1 is 0.950 bits per heavy atom. The first kappa shape index (κ1) is 13.3. The Bertz CT molecular complexity index is 757. The summed E-state index contributed by atoms with van der Waals surface area (Å²) in [6.07, 6.45) is 1.63. The number of hydrogen-bond donors (Lipinski definition) is 0. The normalized spacial score (nSPS) is 15.8. The Morgan fingerprint density at radius 2 is 1.50 bits per heavy atom. The van der Waals surface area contributed by atoms with Gasteiger partial charge in [-0.25, -0.2) is 15.0 Å².